The number of ether oxygens (including phenoxy) is 3. The molecule has 1 saturated carbocycles. The zero-order valence-corrected chi connectivity index (χ0v) is 14.7. The largest absolute Gasteiger partial charge is 0.469 e. The van der Waals surface area contributed by atoms with Crippen molar-refractivity contribution >= 4 is 17.9 Å². The minimum absolute atomic E-state index is 0.00590. The first kappa shape index (κ1) is 20.5. The van der Waals surface area contributed by atoms with Crippen LogP contribution in [0.5, 0.6) is 0 Å². The Morgan fingerprint density at radius 2 is 1.75 bits per heavy atom. The minimum atomic E-state index is -1.27. The smallest absolute Gasteiger partial charge is 0.333 e. The van der Waals surface area contributed by atoms with E-state index in [2.05, 4.69) is 30.2 Å². The van der Waals surface area contributed by atoms with Crippen molar-refractivity contribution in [3.05, 3.63) is 0 Å². The molecule has 2 unspecified atom stereocenters. The van der Waals surface area contributed by atoms with Crippen LogP contribution < -0.4 is 11.5 Å². The Morgan fingerprint density at radius 1 is 1.17 bits per heavy atom. The van der Waals surface area contributed by atoms with Crippen molar-refractivity contribution in [3.63, 3.8) is 0 Å². The van der Waals surface area contributed by atoms with Crippen molar-refractivity contribution in [1.29, 1.82) is 0 Å². The van der Waals surface area contributed by atoms with Crippen LogP contribution in [0.15, 0.2) is 0 Å². The third kappa shape index (κ3) is 5.54. The fraction of sp³-hybridized carbons (Fsp3) is 0.812. The van der Waals surface area contributed by atoms with Gasteiger partial charge >= 0.3 is 17.9 Å². The van der Waals surface area contributed by atoms with E-state index in [9.17, 15) is 14.4 Å². The van der Waals surface area contributed by atoms with Gasteiger partial charge in [0, 0.05) is 0 Å². The molecule has 24 heavy (non-hydrogen) atoms. The zero-order valence-electron chi connectivity index (χ0n) is 14.7. The summed E-state index contributed by atoms with van der Waals surface area (Å²) < 4.78 is 14.8. The number of carbonyl (C=O) groups is 3. The summed E-state index contributed by atoms with van der Waals surface area (Å²) in [6, 6.07) is -2.37. The lowest BCUT2D eigenvalue weighted by Crippen LogP contribution is -2.44. The summed E-state index contributed by atoms with van der Waals surface area (Å²) in [5.74, 6) is -2.24. The second-order valence-electron chi connectivity index (χ2n) is 6.99. The van der Waals surface area contributed by atoms with Gasteiger partial charge in [-0.3, -0.25) is 4.79 Å². The maximum absolute atomic E-state index is 11.8. The summed E-state index contributed by atoms with van der Waals surface area (Å²) >= 11 is 0. The molecular weight excluding hydrogens is 316 g/mol. The number of nitrogens with two attached hydrogens (primary N) is 2. The van der Waals surface area contributed by atoms with E-state index in [0.717, 1.165) is 12.8 Å². The molecule has 0 radical (unpaired) electrons. The molecule has 4 N–H and O–H groups in total. The normalized spacial score (nSPS) is 24.9. The minimum Gasteiger partial charge on any atom is -0.469 e. The maximum Gasteiger partial charge on any atom is 0.333 e. The first-order valence-electron chi connectivity index (χ1n) is 8.03. The molecule has 1 aliphatic rings. The Kier molecular flexibility index (Phi) is 7.31. The van der Waals surface area contributed by atoms with Gasteiger partial charge in [0.25, 0.3) is 0 Å². The molecule has 1 aliphatic carbocycles. The van der Waals surface area contributed by atoms with Crippen LogP contribution in [0.2, 0.25) is 0 Å². The van der Waals surface area contributed by atoms with Gasteiger partial charge < -0.3 is 25.7 Å². The van der Waals surface area contributed by atoms with Crippen LogP contribution in [0, 0.1) is 11.3 Å². The molecule has 0 aromatic rings. The Hall–Kier alpha value is -1.51. The van der Waals surface area contributed by atoms with Gasteiger partial charge in [-0.2, -0.15) is 0 Å². The average Bonchev–Trinajstić information content (AvgIpc) is 2.77. The summed E-state index contributed by atoms with van der Waals surface area (Å²) in [5, 5.41) is 0. The first-order valence-corrected chi connectivity index (χ1v) is 8.03. The predicted molar refractivity (Wildman–Crippen MR) is 85.6 cm³/mol. The van der Waals surface area contributed by atoms with E-state index in [-0.39, 0.29) is 24.5 Å². The van der Waals surface area contributed by atoms with Crippen molar-refractivity contribution in [2.45, 2.75) is 58.2 Å². The molecule has 8 heteroatoms. The molecule has 8 nitrogen and oxygen atoms in total. The summed E-state index contributed by atoms with van der Waals surface area (Å²) in [4.78, 5) is 34.5. The van der Waals surface area contributed by atoms with Crippen LogP contribution in [0.3, 0.4) is 0 Å². The van der Waals surface area contributed by atoms with Gasteiger partial charge in [0.2, 0.25) is 0 Å². The highest BCUT2D eigenvalue weighted by molar-refractivity contribution is 5.92. The Morgan fingerprint density at radius 3 is 2.25 bits per heavy atom. The Labute approximate surface area is 142 Å². The van der Waals surface area contributed by atoms with Crippen molar-refractivity contribution < 1.29 is 28.6 Å². The third-order valence-corrected chi connectivity index (χ3v) is 4.41. The number of hydrogen-bond donors (Lipinski definition) is 2. The maximum atomic E-state index is 11.8. The molecule has 0 aromatic carbocycles. The van der Waals surface area contributed by atoms with Crippen molar-refractivity contribution in [3.8, 4) is 0 Å². The molecule has 0 aromatic heterocycles. The zero-order chi connectivity index (χ0) is 18.5. The summed E-state index contributed by atoms with van der Waals surface area (Å²) in [6.07, 6.45) is 1.72. The predicted octanol–water partition coefficient (Wildman–Crippen LogP) is 0.115. The Balaban J connectivity index is 2.44. The van der Waals surface area contributed by atoms with E-state index in [1.807, 2.05) is 0 Å². The standard InChI is InChI=1S/C16H28N2O6/c1-9-5-6-16(2,3)13(9)23-8-11(18)15(21)24-14(20)10(17)7-12(19)22-4/h9-11,13H,5-8,17-18H2,1-4H3/t9?,10-,11-,13?/m0/s1. The Bertz CT molecular complexity index is 479. The van der Waals surface area contributed by atoms with Crippen LogP contribution in [-0.2, 0) is 28.6 Å². The van der Waals surface area contributed by atoms with Gasteiger partial charge in [-0.15, -0.1) is 0 Å². The number of hydrogen-bond acceptors (Lipinski definition) is 8. The molecule has 0 spiro atoms. The molecule has 0 heterocycles. The van der Waals surface area contributed by atoms with Gasteiger partial charge in [-0.1, -0.05) is 20.8 Å². The lowest BCUT2D eigenvalue weighted by atomic mass is 9.87. The summed E-state index contributed by atoms with van der Waals surface area (Å²) in [5.41, 5.74) is 11.2. The first-order chi connectivity index (χ1) is 11.1. The number of methoxy groups -OCH3 is 1. The van der Waals surface area contributed by atoms with E-state index in [1.54, 1.807) is 0 Å². The van der Waals surface area contributed by atoms with Crippen LogP contribution in [0.4, 0.5) is 0 Å². The van der Waals surface area contributed by atoms with E-state index in [4.69, 9.17) is 16.2 Å². The SMILES string of the molecule is COC(=O)C[C@H](N)C(=O)OC(=O)[C@@H](N)COC1C(C)CCC1(C)C. The topological polar surface area (TPSA) is 131 Å². The summed E-state index contributed by atoms with van der Waals surface area (Å²) in [6.45, 7) is 6.27. The van der Waals surface area contributed by atoms with Gasteiger partial charge in [0.1, 0.15) is 12.1 Å². The van der Waals surface area contributed by atoms with Gasteiger partial charge in [0.05, 0.1) is 26.2 Å². The highest BCUT2D eigenvalue weighted by atomic mass is 16.6. The number of carbonyl (C=O) groups excluding carboxylic acids is 3. The molecule has 0 saturated heterocycles. The molecular formula is C16H28N2O6. The van der Waals surface area contributed by atoms with E-state index in [1.165, 1.54) is 7.11 Å². The van der Waals surface area contributed by atoms with Gasteiger partial charge in [-0.25, -0.2) is 9.59 Å². The second-order valence-corrected chi connectivity index (χ2v) is 6.99. The monoisotopic (exact) mass is 344 g/mol. The fourth-order valence-corrected chi connectivity index (χ4v) is 2.93. The van der Waals surface area contributed by atoms with Crippen LogP contribution in [0.1, 0.15) is 40.0 Å². The van der Waals surface area contributed by atoms with Crippen molar-refractivity contribution in [2.75, 3.05) is 13.7 Å². The van der Waals surface area contributed by atoms with Crippen molar-refractivity contribution in [1.82, 2.24) is 0 Å². The van der Waals surface area contributed by atoms with E-state index in [0.29, 0.717) is 5.92 Å². The molecule has 0 amide bonds. The molecule has 0 bridgehead atoms. The van der Waals surface area contributed by atoms with Gasteiger partial charge in [0.15, 0.2) is 0 Å². The molecule has 0 aliphatic heterocycles. The molecule has 1 rings (SSSR count). The lowest BCUT2D eigenvalue weighted by molar-refractivity contribution is -0.164. The average molecular weight is 344 g/mol. The number of esters is 3. The molecule has 4 atom stereocenters. The fourth-order valence-electron chi connectivity index (χ4n) is 2.93. The quantitative estimate of drug-likeness (QED) is 0.491. The van der Waals surface area contributed by atoms with E-state index >= 15 is 0 Å². The van der Waals surface area contributed by atoms with Crippen molar-refractivity contribution in [2.24, 2.45) is 22.8 Å². The number of rotatable bonds is 7. The molecule has 1 fully saturated rings. The summed E-state index contributed by atoms with van der Waals surface area (Å²) in [7, 11) is 1.17. The van der Waals surface area contributed by atoms with Crippen LogP contribution in [-0.4, -0.2) is 49.8 Å². The van der Waals surface area contributed by atoms with Crippen LogP contribution in [0.25, 0.3) is 0 Å². The van der Waals surface area contributed by atoms with E-state index < -0.39 is 30.0 Å². The molecule has 138 valence electrons. The van der Waals surface area contributed by atoms with Crippen LogP contribution >= 0.6 is 0 Å². The highest BCUT2D eigenvalue weighted by Gasteiger charge is 2.41. The highest BCUT2D eigenvalue weighted by Crippen LogP contribution is 2.42. The lowest BCUT2D eigenvalue weighted by Gasteiger charge is -2.30. The third-order valence-electron chi connectivity index (χ3n) is 4.41. The second kappa shape index (κ2) is 8.55. The van der Waals surface area contributed by atoms with Gasteiger partial charge in [-0.05, 0) is 24.2 Å².